The molecule has 5 heteroatoms. The lowest BCUT2D eigenvalue weighted by Gasteiger charge is -2.09. The predicted octanol–water partition coefficient (Wildman–Crippen LogP) is 2.93. The second-order valence-corrected chi connectivity index (χ2v) is 4.08. The van der Waals surface area contributed by atoms with Crippen LogP contribution in [0.15, 0.2) is 24.5 Å². The van der Waals surface area contributed by atoms with Gasteiger partial charge in [-0.25, -0.2) is 9.97 Å². The minimum Gasteiger partial charge on any atom is -0.497 e. The number of carbonyl (C=O) groups is 1. The number of hydrogen-bond donors (Lipinski definition) is 0. The molecule has 4 nitrogen and oxygen atoms in total. The van der Waals surface area contributed by atoms with Crippen molar-refractivity contribution < 1.29 is 9.53 Å². The van der Waals surface area contributed by atoms with Crippen LogP contribution in [0, 0.1) is 6.92 Å². The van der Waals surface area contributed by atoms with Gasteiger partial charge in [0.05, 0.1) is 18.4 Å². The predicted molar refractivity (Wildman–Crippen MR) is 69.2 cm³/mol. The number of rotatable bonds is 3. The number of aromatic nitrogens is 2. The maximum atomic E-state index is 11.1. The van der Waals surface area contributed by atoms with Crippen LogP contribution in [0.3, 0.4) is 0 Å². The van der Waals surface area contributed by atoms with Gasteiger partial charge in [0.1, 0.15) is 17.2 Å². The quantitative estimate of drug-likeness (QED) is 0.630. The van der Waals surface area contributed by atoms with Crippen molar-refractivity contribution in [2.24, 2.45) is 0 Å². The molecule has 1 aromatic carbocycles. The standard InChI is InChI=1S/C13H11ClN2O2/c1-8-5-9(18-2)3-4-10(8)12-11(6-17)13(14)16-7-15-12/h3-7H,1-2H3. The molecule has 0 unspecified atom stereocenters. The monoisotopic (exact) mass is 262 g/mol. The Morgan fingerprint density at radius 2 is 2.11 bits per heavy atom. The summed E-state index contributed by atoms with van der Waals surface area (Å²) in [4.78, 5) is 19.0. The Bertz CT molecular complexity index is 600. The van der Waals surface area contributed by atoms with Gasteiger partial charge in [0, 0.05) is 5.56 Å². The van der Waals surface area contributed by atoms with Crippen LogP contribution in [0.4, 0.5) is 0 Å². The molecule has 2 rings (SSSR count). The van der Waals surface area contributed by atoms with Crippen LogP contribution in [0.2, 0.25) is 5.15 Å². The lowest BCUT2D eigenvalue weighted by atomic mass is 10.0. The van der Waals surface area contributed by atoms with Gasteiger partial charge in [0.25, 0.3) is 0 Å². The molecule has 0 atom stereocenters. The first-order valence-electron chi connectivity index (χ1n) is 5.28. The summed E-state index contributed by atoms with van der Waals surface area (Å²) in [7, 11) is 1.60. The van der Waals surface area contributed by atoms with E-state index < -0.39 is 0 Å². The van der Waals surface area contributed by atoms with Gasteiger partial charge < -0.3 is 4.74 Å². The SMILES string of the molecule is COc1ccc(-c2ncnc(Cl)c2C=O)c(C)c1. The Morgan fingerprint density at radius 3 is 2.72 bits per heavy atom. The molecule has 0 N–H and O–H groups in total. The number of methoxy groups -OCH3 is 1. The molecule has 1 aromatic heterocycles. The summed E-state index contributed by atoms with van der Waals surface area (Å²) in [5, 5.41) is 0.158. The number of hydrogen-bond acceptors (Lipinski definition) is 4. The molecule has 0 saturated heterocycles. The topological polar surface area (TPSA) is 52.1 Å². The van der Waals surface area contributed by atoms with E-state index in [9.17, 15) is 4.79 Å². The van der Waals surface area contributed by atoms with Gasteiger partial charge >= 0.3 is 0 Å². The molecule has 0 fully saturated rings. The number of ether oxygens (including phenoxy) is 1. The van der Waals surface area contributed by atoms with E-state index in [0.717, 1.165) is 16.9 Å². The molecule has 0 radical (unpaired) electrons. The second kappa shape index (κ2) is 5.14. The smallest absolute Gasteiger partial charge is 0.155 e. The molecule has 1 heterocycles. The molecular weight excluding hydrogens is 252 g/mol. The molecule has 0 aliphatic heterocycles. The number of aryl methyl sites for hydroxylation is 1. The molecule has 0 bridgehead atoms. The van der Waals surface area contributed by atoms with E-state index in [1.807, 2.05) is 25.1 Å². The molecule has 2 aromatic rings. The zero-order chi connectivity index (χ0) is 13.1. The summed E-state index contributed by atoms with van der Waals surface area (Å²) >= 11 is 5.88. The van der Waals surface area contributed by atoms with Crippen molar-refractivity contribution in [3.63, 3.8) is 0 Å². The fourth-order valence-electron chi connectivity index (χ4n) is 1.72. The van der Waals surface area contributed by atoms with Crippen LogP contribution < -0.4 is 4.74 Å². The van der Waals surface area contributed by atoms with E-state index in [0.29, 0.717) is 17.5 Å². The van der Waals surface area contributed by atoms with Crippen LogP contribution in [0.1, 0.15) is 15.9 Å². The van der Waals surface area contributed by atoms with Gasteiger partial charge in [-0.1, -0.05) is 11.6 Å². The highest BCUT2D eigenvalue weighted by Crippen LogP contribution is 2.29. The Morgan fingerprint density at radius 1 is 1.33 bits per heavy atom. The van der Waals surface area contributed by atoms with E-state index in [4.69, 9.17) is 16.3 Å². The zero-order valence-electron chi connectivity index (χ0n) is 9.98. The Kier molecular flexibility index (Phi) is 3.58. The number of aldehydes is 1. The van der Waals surface area contributed by atoms with Gasteiger partial charge in [-0.2, -0.15) is 0 Å². The highest BCUT2D eigenvalue weighted by molar-refractivity contribution is 6.32. The van der Waals surface area contributed by atoms with Crippen LogP contribution in [-0.2, 0) is 0 Å². The molecule has 18 heavy (non-hydrogen) atoms. The summed E-state index contributed by atoms with van der Waals surface area (Å²) in [6.45, 7) is 1.92. The fraction of sp³-hybridized carbons (Fsp3) is 0.154. The molecule has 0 aliphatic carbocycles. The summed E-state index contributed by atoms with van der Waals surface area (Å²) in [6, 6.07) is 5.53. The zero-order valence-corrected chi connectivity index (χ0v) is 10.7. The molecule has 0 saturated carbocycles. The first kappa shape index (κ1) is 12.5. The minimum absolute atomic E-state index is 0.158. The maximum absolute atomic E-state index is 11.1. The number of carbonyl (C=O) groups excluding carboxylic acids is 1. The van der Waals surface area contributed by atoms with Crippen molar-refractivity contribution >= 4 is 17.9 Å². The molecule has 0 spiro atoms. The molecular formula is C13H11ClN2O2. The first-order valence-corrected chi connectivity index (χ1v) is 5.66. The largest absolute Gasteiger partial charge is 0.497 e. The van der Waals surface area contributed by atoms with E-state index in [1.165, 1.54) is 6.33 Å². The van der Waals surface area contributed by atoms with Gasteiger partial charge in [-0.3, -0.25) is 4.79 Å². The van der Waals surface area contributed by atoms with Gasteiger partial charge in [-0.15, -0.1) is 0 Å². The van der Waals surface area contributed by atoms with Crippen molar-refractivity contribution in [3.8, 4) is 17.0 Å². The third-order valence-corrected chi connectivity index (χ3v) is 2.94. The number of benzene rings is 1. The molecule has 0 amide bonds. The third kappa shape index (κ3) is 2.19. The maximum Gasteiger partial charge on any atom is 0.155 e. The number of halogens is 1. The lowest BCUT2D eigenvalue weighted by Crippen LogP contribution is -1.97. The highest BCUT2D eigenvalue weighted by atomic mass is 35.5. The molecule has 0 aliphatic rings. The van der Waals surface area contributed by atoms with Crippen molar-refractivity contribution in [1.82, 2.24) is 9.97 Å². The van der Waals surface area contributed by atoms with E-state index >= 15 is 0 Å². The van der Waals surface area contributed by atoms with Crippen molar-refractivity contribution in [2.75, 3.05) is 7.11 Å². The van der Waals surface area contributed by atoms with Crippen LogP contribution in [0.5, 0.6) is 5.75 Å². The van der Waals surface area contributed by atoms with E-state index in [2.05, 4.69) is 9.97 Å². The molecule has 92 valence electrons. The van der Waals surface area contributed by atoms with Crippen molar-refractivity contribution in [2.45, 2.75) is 6.92 Å². The summed E-state index contributed by atoms with van der Waals surface area (Å²) in [6.07, 6.45) is 2.01. The lowest BCUT2D eigenvalue weighted by molar-refractivity contribution is 0.112. The Hall–Kier alpha value is -1.94. The van der Waals surface area contributed by atoms with E-state index in [1.54, 1.807) is 7.11 Å². The second-order valence-electron chi connectivity index (χ2n) is 3.73. The average Bonchev–Trinajstić information content (AvgIpc) is 2.38. The normalized spacial score (nSPS) is 10.2. The Balaban J connectivity index is 2.62. The summed E-state index contributed by atoms with van der Waals surface area (Å²) < 4.78 is 5.14. The highest BCUT2D eigenvalue weighted by Gasteiger charge is 2.13. The average molecular weight is 263 g/mol. The third-order valence-electron chi connectivity index (χ3n) is 2.64. The van der Waals surface area contributed by atoms with Gasteiger partial charge in [0.2, 0.25) is 0 Å². The van der Waals surface area contributed by atoms with Crippen LogP contribution in [-0.4, -0.2) is 23.4 Å². The van der Waals surface area contributed by atoms with Crippen LogP contribution in [0.25, 0.3) is 11.3 Å². The van der Waals surface area contributed by atoms with Crippen LogP contribution >= 0.6 is 11.6 Å². The minimum atomic E-state index is 0.158. The summed E-state index contributed by atoms with van der Waals surface area (Å²) in [5.41, 5.74) is 2.62. The van der Waals surface area contributed by atoms with Crippen molar-refractivity contribution in [1.29, 1.82) is 0 Å². The van der Waals surface area contributed by atoms with Gasteiger partial charge in [0.15, 0.2) is 6.29 Å². The first-order chi connectivity index (χ1) is 8.67. The Labute approximate surface area is 110 Å². The van der Waals surface area contributed by atoms with E-state index in [-0.39, 0.29) is 5.15 Å². The summed E-state index contributed by atoms with van der Waals surface area (Å²) in [5.74, 6) is 0.754. The fourth-order valence-corrected chi connectivity index (χ4v) is 1.90. The van der Waals surface area contributed by atoms with Crippen molar-refractivity contribution in [3.05, 3.63) is 40.8 Å². The number of nitrogens with zero attached hydrogens (tertiary/aromatic N) is 2. The van der Waals surface area contributed by atoms with Gasteiger partial charge in [-0.05, 0) is 30.7 Å².